The van der Waals surface area contributed by atoms with Gasteiger partial charge in [0.25, 0.3) is 0 Å². The van der Waals surface area contributed by atoms with Crippen molar-refractivity contribution in [2.75, 3.05) is 6.54 Å². The van der Waals surface area contributed by atoms with E-state index in [4.69, 9.17) is 14.2 Å². The van der Waals surface area contributed by atoms with E-state index in [0.717, 1.165) is 44.2 Å². The molecule has 0 spiro atoms. The van der Waals surface area contributed by atoms with E-state index in [1.54, 1.807) is 11.3 Å². The molecule has 2 aromatic heterocycles. The summed E-state index contributed by atoms with van der Waals surface area (Å²) in [6.45, 7) is 6.22. The summed E-state index contributed by atoms with van der Waals surface area (Å²) in [5.41, 5.74) is 5.98. The van der Waals surface area contributed by atoms with Crippen molar-refractivity contribution >= 4 is 27.5 Å². The third-order valence-electron chi connectivity index (χ3n) is 5.61. The molecule has 6 nitrogen and oxygen atoms in total. The summed E-state index contributed by atoms with van der Waals surface area (Å²) in [6, 6.07) is 12.5. The highest BCUT2D eigenvalue weighted by molar-refractivity contribution is 7.21. The molecule has 7 heteroatoms. The number of aromatic nitrogens is 2. The number of carbonyl (C=O) groups is 1. The summed E-state index contributed by atoms with van der Waals surface area (Å²) in [7, 11) is 0. The van der Waals surface area contributed by atoms with Crippen LogP contribution in [0.4, 0.5) is 0 Å². The molecule has 31 heavy (non-hydrogen) atoms. The van der Waals surface area contributed by atoms with Gasteiger partial charge in [0.05, 0.1) is 34.4 Å². The number of ether oxygens (including phenoxy) is 1. The monoisotopic (exact) mass is 433 g/mol. The number of fused-ring (bicyclic) bond motifs is 2. The van der Waals surface area contributed by atoms with Crippen LogP contribution >= 0.6 is 11.3 Å². The number of carbonyl (C=O) groups excluding carboxylic acids is 1. The Kier molecular flexibility index (Phi) is 4.98. The molecule has 1 aliphatic rings. The van der Waals surface area contributed by atoms with Crippen LogP contribution in [0.2, 0.25) is 0 Å². The second kappa shape index (κ2) is 7.81. The standard InChI is InChI=1S/C24H23N3O3S/c1-13-8-16-10-17(12-25-22(28)11-18-14(2)27-30-15(18)3)29-23(16)19(9-13)24-26-20-6-4-5-7-21(20)31-24/h4-9,17H,10-12H2,1-3H3,(H,25,28). The fraction of sp³-hybridized carbons (Fsp3) is 0.292. The minimum absolute atomic E-state index is 0.0588. The number of benzene rings is 2. The molecule has 1 amide bonds. The van der Waals surface area contributed by atoms with Crippen LogP contribution in [-0.2, 0) is 17.6 Å². The lowest BCUT2D eigenvalue weighted by molar-refractivity contribution is -0.120. The number of nitrogens with one attached hydrogen (secondary N) is 1. The highest BCUT2D eigenvalue weighted by Crippen LogP contribution is 2.42. The Hall–Kier alpha value is -3.19. The van der Waals surface area contributed by atoms with E-state index < -0.39 is 0 Å². The Morgan fingerprint density at radius 3 is 2.84 bits per heavy atom. The number of thiazole rings is 1. The summed E-state index contributed by atoms with van der Waals surface area (Å²) >= 11 is 1.67. The van der Waals surface area contributed by atoms with E-state index >= 15 is 0 Å². The Morgan fingerprint density at radius 2 is 2.06 bits per heavy atom. The van der Waals surface area contributed by atoms with Crippen molar-refractivity contribution in [3.8, 4) is 16.3 Å². The molecule has 0 bridgehead atoms. The first kappa shape index (κ1) is 19.8. The summed E-state index contributed by atoms with van der Waals surface area (Å²) in [5, 5.41) is 7.88. The van der Waals surface area contributed by atoms with Crippen molar-refractivity contribution in [3.63, 3.8) is 0 Å². The van der Waals surface area contributed by atoms with Crippen LogP contribution in [0.5, 0.6) is 5.75 Å². The Morgan fingerprint density at radius 1 is 1.23 bits per heavy atom. The smallest absolute Gasteiger partial charge is 0.224 e. The number of aryl methyl sites for hydroxylation is 3. The zero-order valence-electron chi connectivity index (χ0n) is 17.7. The molecule has 1 aliphatic heterocycles. The lowest BCUT2D eigenvalue weighted by Gasteiger charge is -2.13. The van der Waals surface area contributed by atoms with E-state index in [9.17, 15) is 4.79 Å². The number of hydrogen-bond acceptors (Lipinski definition) is 6. The summed E-state index contributed by atoms with van der Waals surface area (Å²) in [6.07, 6.45) is 0.927. The third kappa shape index (κ3) is 3.81. The van der Waals surface area contributed by atoms with E-state index in [1.807, 2.05) is 32.0 Å². The van der Waals surface area contributed by atoms with Crippen molar-refractivity contribution in [3.05, 3.63) is 64.5 Å². The van der Waals surface area contributed by atoms with Crippen LogP contribution in [0.1, 0.15) is 28.1 Å². The van der Waals surface area contributed by atoms with Gasteiger partial charge < -0.3 is 14.6 Å². The number of rotatable bonds is 5. The molecule has 1 N–H and O–H groups in total. The maximum atomic E-state index is 12.4. The van der Waals surface area contributed by atoms with Gasteiger partial charge in [-0.05, 0) is 50.1 Å². The Balaban J connectivity index is 1.31. The van der Waals surface area contributed by atoms with Gasteiger partial charge in [-0.2, -0.15) is 0 Å². The zero-order chi connectivity index (χ0) is 21.5. The topological polar surface area (TPSA) is 77.2 Å². The number of amides is 1. The average Bonchev–Trinajstić information content (AvgIpc) is 3.44. The first-order chi connectivity index (χ1) is 15.0. The average molecular weight is 434 g/mol. The number of nitrogens with zero attached hydrogens (tertiary/aromatic N) is 2. The molecule has 5 rings (SSSR count). The van der Waals surface area contributed by atoms with Gasteiger partial charge in [-0.25, -0.2) is 4.98 Å². The van der Waals surface area contributed by atoms with Crippen LogP contribution in [0.15, 0.2) is 40.9 Å². The molecule has 2 aromatic carbocycles. The van der Waals surface area contributed by atoms with Crippen LogP contribution < -0.4 is 10.1 Å². The predicted octanol–water partition coefficient (Wildman–Crippen LogP) is 4.54. The quantitative estimate of drug-likeness (QED) is 0.500. The van der Waals surface area contributed by atoms with Crippen LogP contribution in [0.3, 0.4) is 0 Å². The van der Waals surface area contributed by atoms with Gasteiger partial charge in [0, 0.05) is 12.0 Å². The maximum Gasteiger partial charge on any atom is 0.224 e. The van der Waals surface area contributed by atoms with Crippen molar-refractivity contribution < 1.29 is 14.1 Å². The third-order valence-corrected chi connectivity index (χ3v) is 6.68. The molecule has 3 heterocycles. The number of hydrogen-bond donors (Lipinski definition) is 1. The predicted molar refractivity (Wildman–Crippen MR) is 121 cm³/mol. The largest absolute Gasteiger partial charge is 0.487 e. The van der Waals surface area contributed by atoms with Gasteiger partial charge in [-0.3, -0.25) is 4.79 Å². The maximum absolute atomic E-state index is 12.4. The zero-order valence-corrected chi connectivity index (χ0v) is 18.5. The molecule has 0 saturated heterocycles. The molecule has 1 unspecified atom stereocenters. The highest BCUT2D eigenvalue weighted by atomic mass is 32.1. The molecule has 1 atom stereocenters. The fourth-order valence-corrected chi connectivity index (χ4v) is 5.04. The fourth-order valence-electron chi connectivity index (χ4n) is 4.06. The Labute approximate surface area is 184 Å². The Bertz CT molecular complexity index is 1240. The molecule has 0 radical (unpaired) electrons. The minimum atomic E-state index is -0.0986. The van der Waals surface area contributed by atoms with E-state index in [0.29, 0.717) is 12.3 Å². The molecule has 0 saturated carbocycles. The van der Waals surface area contributed by atoms with Crippen LogP contribution in [-0.4, -0.2) is 28.7 Å². The van der Waals surface area contributed by atoms with Gasteiger partial charge in [0.15, 0.2) is 0 Å². The van der Waals surface area contributed by atoms with Crippen LogP contribution in [0.25, 0.3) is 20.8 Å². The normalized spacial score (nSPS) is 15.1. The van der Waals surface area contributed by atoms with Gasteiger partial charge >= 0.3 is 0 Å². The SMILES string of the molecule is Cc1cc2c(c(-c3nc4ccccc4s3)c1)OC(CNC(=O)Cc1c(C)noc1C)C2. The van der Waals surface area contributed by atoms with Crippen molar-refractivity contribution in [2.24, 2.45) is 0 Å². The van der Waals surface area contributed by atoms with Gasteiger partial charge in [0.2, 0.25) is 5.91 Å². The van der Waals surface area contributed by atoms with E-state index in [-0.39, 0.29) is 18.4 Å². The summed E-state index contributed by atoms with van der Waals surface area (Å²) < 4.78 is 12.6. The van der Waals surface area contributed by atoms with Crippen LogP contribution in [0, 0.1) is 20.8 Å². The second-order valence-corrected chi connectivity index (χ2v) is 9.05. The second-order valence-electron chi connectivity index (χ2n) is 8.02. The first-order valence-electron chi connectivity index (χ1n) is 10.3. The van der Waals surface area contributed by atoms with Gasteiger partial charge in [0.1, 0.15) is 22.6 Å². The first-order valence-corrected chi connectivity index (χ1v) is 11.1. The minimum Gasteiger partial charge on any atom is -0.487 e. The summed E-state index contributed by atoms with van der Waals surface area (Å²) in [4.78, 5) is 17.3. The van der Waals surface area contributed by atoms with Crippen molar-refractivity contribution in [1.29, 1.82) is 0 Å². The number of para-hydroxylation sites is 1. The molecule has 0 aliphatic carbocycles. The highest BCUT2D eigenvalue weighted by Gasteiger charge is 2.28. The molecule has 4 aromatic rings. The molecular formula is C24H23N3O3S. The summed E-state index contributed by atoms with van der Waals surface area (Å²) in [5.74, 6) is 1.51. The van der Waals surface area contributed by atoms with Crippen molar-refractivity contribution in [2.45, 2.75) is 39.7 Å². The lowest BCUT2D eigenvalue weighted by Crippen LogP contribution is -2.35. The van der Waals surface area contributed by atoms with E-state index in [1.165, 1.54) is 11.1 Å². The van der Waals surface area contributed by atoms with Gasteiger partial charge in [-0.15, -0.1) is 11.3 Å². The molecular weight excluding hydrogens is 410 g/mol. The van der Waals surface area contributed by atoms with Gasteiger partial charge in [-0.1, -0.05) is 23.4 Å². The molecule has 158 valence electrons. The lowest BCUT2D eigenvalue weighted by atomic mass is 10.0. The molecule has 0 fully saturated rings. The van der Waals surface area contributed by atoms with E-state index in [2.05, 4.69) is 35.6 Å². The van der Waals surface area contributed by atoms with Crippen molar-refractivity contribution in [1.82, 2.24) is 15.5 Å².